The van der Waals surface area contributed by atoms with Crippen molar-refractivity contribution in [1.82, 2.24) is 0 Å². The van der Waals surface area contributed by atoms with Crippen LogP contribution in [0.2, 0.25) is 0 Å². The second-order valence-corrected chi connectivity index (χ2v) is 3.76. The largest absolute Gasteiger partial charge is 0.504 e. The number of nitrogen functional groups attached to an aromatic ring is 1. The molecule has 0 saturated carbocycles. The third kappa shape index (κ3) is 2.36. The van der Waals surface area contributed by atoms with E-state index < -0.39 is 0 Å². The topological polar surface area (TPSA) is 79.3 Å². The summed E-state index contributed by atoms with van der Waals surface area (Å²) < 4.78 is 5.47. The minimum Gasteiger partial charge on any atom is -0.504 e. The van der Waals surface area contributed by atoms with Gasteiger partial charge in [0.15, 0.2) is 11.5 Å². The fourth-order valence-electron chi connectivity index (χ4n) is 1.58. The van der Waals surface area contributed by atoms with Gasteiger partial charge < -0.3 is 15.6 Å². The summed E-state index contributed by atoms with van der Waals surface area (Å²) in [6.07, 6.45) is 0. The van der Waals surface area contributed by atoms with Crippen molar-refractivity contribution in [2.75, 3.05) is 5.73 Å². The van der Waals surface area contributed by atoms with Crippen molar-refractivity contribution in [1.29, 1.82) is 5.26 Å². The maximum atomic E-state index is 9.69. The summed E-state index contributed by atoms with van der Waals surface area (Å²) in [4.78, 5) is 0. The first-order valence-corrected chi connectivity index (χ1v) is 5.40. The number of anilines is 1. The van der Waals surface area contributed by atoms with Gasteiger partial charge in [0.25, 0.3) is 0 Å². The summed E-state index contributed by atoms with van der Waals surface area (Å²) in [6.45, 7) is 0.270. The highest BCUT2D eigenvalue weighted by atomic mass is 16.5. The maximum Gasteiger partial charge on any atom is 0.181 e. The Kier molecular flexibility index (Phi) is 3.35. The molecule has 0 unspecified atom stereocenters. The lowest BCUT2D eigenvalue weighted by atomic mass is 10.1. The van der Waals surface area contributed by atoms with Crippen LogP contribution in [-0.2, 0) is 6.61 Å². The predicted molar refractivity (Wildman–Crippen MR) is 68.0 cm³/mol. The van der Waals surface area contributed by atoms with E-state index >= 15 is 0 Å². The van der Waals surface area contributed by atoms with Crippen LogP contribution in [0.25, 0.3) is 0 Å². The van der Waals surface area contributed by atoms with Crippen molar-refractivity contribution >= 4 is 5.69 Å². The van der Waals surface area contributed by atoms with E-state index in [-0.39, 0.29) is 23.7 Å². The third-order valence-electron chi connectivity index (χ3n) is 2.51. The third-order valence-corrected chi connectivity index (χ3v) is 2.51. The highest BCUT2D eigenvalue weighted by Gasteiger charge is 2.12. The summed E-state index contributed by atoms with van der Waals surface area (Å²) >= 11 is 0. The van der Waals surface area contributed by atoms with Crippen LogP contribution in [0.5, 0.6) is 11.5 Å². The van der Waals surface area contributed by atoms with E-state index in [9.17, 15) is 5.11 Å². The fourth-order valence-corrected chi connectivity index (χ4v) is 1.58. The van der Waals surface area contributed by atoms with E-state index in [2.05, 4.69) is 0 Å². The van der Waals surface area contributed by atoms with Gasteiger partial charge >= 0.3 is 0 Å². The Morgan fingerprint density at radius 3 is 2.56 bits per heavy atom. The molecule has 0 spiro atoms. The molecule has 90 valence electrons. The highest BCUT2D eigenvalue weighted by Crippen LogP contribution is 2.34. The van der Waals surface area contributed by atoms with Gasteiger partial charge in [0.05, 0.1) is 5.69 Å². The minimum absolute atomic E-state index is 0.0864. The number of aromatic hydroxyl groups is 1. The van der Waals surface area contributed by atoms with Crippen molar-refractivity contribution in [2.24, 2.45) is 0 Å². The van der Waals surface area contributed by atoms with Gasteiger partial charge in [-0.2, -0.15) is 5.26 Å². The number of ether oxygens (including phenoxy) is 1. The van der Waals surface area contributed by atoms with Crippen LogP contribution in [0.15, 0.2) is 42.5 Å². The number of nitrogens with two attached hydrogens (primary N) is 1. The zero-order chi connectivity index (χ0) is 13.0. The Morgan fingerprint density at radius 2 is 1.89 bits per heavy atom. The summed E-state index contributed by atoms with van der Waals surface area (Å²) in [6, 6.07) is 14.3. The number of benzene rings is 2. The minimum atomic E-state index is -0.0864. The van der Waals surface area contributed by atoms with Crippen molar-refractivity contribution < 1.29 is 9.84 Å². The standard InChI is InChI=1S/C14H12N2O2/c15-8-11-12(16)6-7-13(17)14(11)18-9-10-4-2-1-3-5-10/h1-7,17H,9,16H2. The molecule has 0 aliphatic carbocycles. The monoisotopic (exact) mass is 240 g/mol. The van der Waals surface area contributed by atoms with E-state index in [0.717, 1.165) is 5.56 Å². The molecule has 18 heavy (non-hydrogen) atoms. The van der Waals surface area contributed by atoms with Gasteiger partial charge in [0.2, 0.25) is 0 Å². The first-order valence-electron chi connectivity index (χ1n) is 5.40. The second kappa shape index (κ2) is 5.11. The molecular formula is C14H12N2O2. The Labute approximate surface area is 105 Å². The zero-order valence-corrected chi connectivity index (χ0v) is 9.63. The van der Waals surface area contributed by atoms with Crippen LogP contribution >= 0.6 is 0 Å². The lowest BCUT2D eigenvalue weighted by Crippen LogP contribution is -2.00. The molecule has 0 fully saturated rings. The van der Waals surface area contributed by atoms with Crippen LogP contribution in [0.3, 0.4) is 0 Å². The first-order chi connectivity index (χ1) is 8.72. The Balaban J connectivity index is 2.25. The smallest absolute Gasteiger partial charge is 0.181 e. The molecule has 2 aromatic rings. The van der Waals surface area contributed by atoms with Gasteiger partial charge in [0.1, 0.15) is 18.2 Å². The maximum absolute atomic E-state index is 9.69. The van der Waals surface area contributed by atoms with E-state index in [0.29, 0.717) is 5.69 Å². The molecule has 0 aliphatic heterocycles. The number of hydrogen-bond acceptors (Lipinski definition) is 4. The van der Waals surface area contributed by atoms with Crippen molar-refractivity contribution in [3.8, 4) is 17.6 Å². The van der Waals surface area contributed by atoms with Crippen LogP contribution in [0.4, 0.5) is 5.69 Å². The average Bonchev–Trinajstić information content (AvgIpc) is 2.41. The molecule has 0 aliphatic rings. The van der Waals surface area contributed by atoms with Crippen LogP contribution in [0.1, 0.15) is 11.1 Å². The molecule has 2 rings (SSSR count). The quantitative estimate of drug-likeness (QED) is 0.637. The Bertz CT molecular complexity index is 589. The summed E-state index contributed by atoms with van der Waals surface area (Å²) in [5.74, 6) is 0.0398. The van der Waals surface area contributed by atoms with Gasteiger partial charge in [-0.1, -0.05) is 30.3 Å². The van der Waals surface area contributed by atoms with Crippen LogP contribution in [0, 0.1) is 11.3 Å². The lowest BCUT2D eigenvalue weighted by molar-refractivity contribution is 0.288. The molecule has 4 nitrogen and oxygen atoms in total. The average molecular weight is 240 g/mol. The number of rotatable bonds is 3. The molecule has 4 heteroatoms. The molecule has 2 aromatic carbocycles. The van der Waals surface area contributed by atoms with Crippen molar-refractivity contribution in [3.63, 3.8) is 0 Å². The van der Waals surface area contributed by atoms with E-state index in [4.69, 9.17) is 15.7 Å². The Morgan fingerprint density at radius 1 is 1.17 bits per heavy atom. The summed E-state index contributed by atoms with van der Waals surface area (Å²) in [5, 5.41) is 18.7. The van der Waals surface area contributed by atoms with Gasteiger partial charge in [-0.15, -0.1) is 0 Å². The molecule has 0 amide bonds. The van der Waals surface area contributed by atoms with Crippen molar-refractivity contribution in [3.05, 3.63) is 53.6 Å². The highest BCUT2D eigenvalue weighted by molar-refractivity contribution is 5.65. The van der Waals surface area contributed by atoms with Crippen LogP contribution < -0.4 is 10.5 Å². The normalized spacial score (nSPS) is 9.72. The summed E-state index contributed by atoms with van der Waals surface area (Å²) in [7, 11) is 0. The van der Waals surface area contributed by atoms with Gasteiger partial charge in [0, 0.05) is 0 Å². The molecular weight excluding hydrogens is 228 g/mol. The molecule has 0 radical (unpaired) electrons. The summed E-state index contributed by atoms with van der Waals surface area (Å²) in [5.41, 5.74) is 7.05. The van der Waals surface area contributed by atoms with E-state index in [1.54, 1.807) is 0 Å². The number of nitriles is 1. The predicted octanol–water partition coefficient (Wildman–Crippen LogP) is 2.43. The van der Waals surface area contributed by atoms with Gasteiger partial charge in [-0.05, 0) is 17.7 Å². The molecule has 0 saturated heterocycles. The number of nitrogens with zero attached hydrogens (tertiary/aromatic N) is 1. The molecule has 0 atom stereocenters. The van der Waals surface area contributed by atoms with Gasteiger partial charge in [-0.3, -0.25) is 0 Å². The number of hydrogen-bond donors (Lipinski definition) is 2. The SMILES string of the molecule is N#Cc1c(N)ccc(O)c1OCc1ccccc1. The molecule has 0 bridgehead atoms. The van der Waals surface area contributed by atoms with Crippen molar-refractivity contribution in [2.45, 2.75) is 6.61 Å². The van der Waals surface area contributed by atoms with Gasteiger partial charge in [-0.25, -0.2) is 0 Å². The first kappa shape index (κ1) is 11.8. The molecule has 0 aromatic heterocycles. The number of phenolic OH excluding ortho intramolecular Hbond substituents is 1. The zero-order valence-electron chi connectivity index (χ0n) is 9.63. The van der Waals surface area contributed by atoms with E-state index in [1.807, 2.05) is 36.4 Å². The molecule has 0 heterocycles. The second-order valence-electron chi connectivity index (χ2n) is 3.76. The molecule has 3 N–H and O–H groups in total. The number of phenols is 1. The van der Waals surface area contributed by atoms with Crippen LogP contribution in [-0.4, -0.2) is 5.11 Å². The Hall–Kier alpha value is -2.67. The fraction of sp³-hybridized carbons (Fsp3) is 0.0714. The lowest BCUT2D eigenvalue weighted by Gasteiger charge is -2.11. The van der Waals surface area contributed by atoms with E-state index in [1.165, 1.54) is 12.1 Å².